The van der Waals surface area contributed by atoms with E-state index in [4.69, 9.17) is 4.42 Å². The smallest absolute Gasteiger partial charge is 0.389 e. The Hall–Kier alpha value is -2.02. The van der Waals surface area contributed by atoms with Crippen LogP contribution in [0.3, 0.4) is 0 Å². The molecule has 1 aromatic heterocycles. The Balaban J connectivity index is 1.13. The molecule has 4 nitrogen and oxygen atoms in total. The van der Waals surface area contributed by atoms with Crippen LogP contribution >= 0.6 is 0 Å². The predicted octanol–water partition coefficient (Wildman–Crippen LogP) is 6.02. The van der Waals surface area contributed by atoms with Crippen LogP contribution in [0.15, 0.2) is 34.9 Å². The number of hydrogen-bond acceptors (Lipinski definition) is 3. The van der Waals surface area contributed by atoms with Crippen LogP contribution in [-0.4, -0.2) is 42.7 Å². The molecule has 1 aliphatic carbocycles. The quantitative estimate of drug-likeness (QED) is 0.561. The molecule has 176 valence electrons. The Morgan fingerprint density at radius 3 is 2.50 bits per heavy atom. The fourth-order valence-corrected chi connectivity index (χ4v) is 5.30. The molecule has 0 atom stereocenters. The number of carbonyl (C=O) groups is 1. The molecule has 0 bridgehead atoms. The van der Waals surface area contributed by atoms with Crippen molar-refractivity contribution in [1.29, 1.82) is 0 Å². The van der Waals surface area contributed by atoms with Gasteiger partial charge in [0.05, 0.1) is 12.7 Å². The fourth-order valence-electron chi connectivity index (χ4n) is 5.30. The first-order chi connectivity index (χ1) is 15.4. The average Bonchev–Trinajstić information content (AvgIpc) is 3.21. The van der Waals surface area contributed by atoms with Gasteiger partial charge in [0.1, 0.15) is 5.58 Å². The second kappa shape index (κ2) is 10.3. The van der Waals surface area contributed by atoms with Gasteiger partial charge in [0.25, 0.3) is 0 Å². The summed E-state index contributed by atoms with van der Waals surface area (Å²) < 4.78 is 42.5. The lowest BCUT2D eigenvalue weighted by molar-refractivity contribution is -0.144. The van der Waals surface area contributed by atoms with Gasteiger partial charge < -0.3 is 14.6 Å². The van der Waals surface area contributed by atoms with Gasteiger partial charge in [0.15, 0.2) is 0 Å². The molecular formula is C25H33F3N2O2. The number of furan rings is 1. The molecule has 0 radical (unpaired) electrons. The molecule has 2 fully saturated rings. The van der Waals surface area contributed by atoms with Gasteiger partial charge in [0.2, 0.25) is 5.91 Å². The first-order valence-corrected chi connectivity index (χ1v) is 11.9. The van der Waals surface area contributed by atoms with Crippen molar-refractivity contribution in [3.8, 4) is 0 Å². The zero-order valence-electron chi connectivity index (χ0n) is 18.5. The number of amides is 1. The van der Waals surface area contributed by atoms with Crippen LogP contribution in [0.2, 0.25) is 0 Å². The van der Waals surface area contributed by atoms with Gasteiger partial charge >= 0.3 is 6.18 Å². The van der Waals surface area contributed by atoms with Crippen LogP contribution in [-0.2, 0) is 4.79 Å². The molecule has 2 aromatic rings. The maximum Gasteiger partial charge on any atom is 0.389 e. The molecule has 1 saturated heterocycles. The second-order valence-electron chi connectivity index (χ2n) is 9.49. The first-order valence-electron chi connectivity index (χ1n) is 11.9. The van der Waals surface area contributed by atoms with Gasteiger partial charge in [-0.2, -0.15) is 13.2 Å². The molecule has 0 unspecified atom stereocenters. The number of likely N-dealkylation sites (tertiary alicyclic amines) is 1. The SMILES string of the molecule is O=C(CCC(F)(F)F)NC1CCC(CCN2CCC(c3coc4ccccc34)CC2)CC1. The van der Waals surface area contributed by atoms with Gasteiger partial charge in [0, 0.05) is 23.4 Å². The highest BCUT2D eigenvalue weighted by atomic mass is 19.4. The number of hydrogen-bond donors (Lipinski definition) is 1. The van der Waals surface area contributed by atoms with Crippen LogP contribution in [0, 0.1) is 5.92 Å². The Labute approximate surface area is 187 Å². The molecule has 1 aromatic carbocycles. The zero-order valence-corrected chi connectivity index (χ0v) is 18.5. The number of carbonyl (C=O) groups excluding carboxylic acids is 1. The Kier molecular flexibility index (Phi) is 7.44. The van der Waals surface area contributed by atoms with Gasteiger partial charge in [-0.05, 0) is 82.5 Å². The third kappa shape index (κ3) is 6.27. The van der Waals surface area contributed by atoms with Crippen molar-refractivity contribution in [3.05, 3.63) is 36.1 Å². The lowest BCUT2D eigenvalue weighted by atomic mass is 9.83. The maximum absolute atomic E-state index is 12.3. The van der Waals surface area contributed by atoms with E-state index in [1.54, 1.807) is 0 Å². The maximum atomic E-state index is 12.3. The lowest BCUT2D eigenvalue weighted by Crippen LogP contribution is -2.39. The minimum atomic E-state index is -4.27. The summed E-state index contributed by atoms with van der Waals surface area (Å²) in [5.41, 5.74) is 2.31. The minimum Gasteiger partial charge on any atom is -0.464 e. The molecule has 1 aliphatic heterocycles. The number of fused-ring (bicyclic) bond motifs is 1. The van der Waals surface area contributed by atoms with Crippen molar-refractivity contribution in [1.82, 2.24) is 10.2 Å². The Morgan fingerprint density at radius 2 is 1.78 bits per heavy atom. The number of nitrogens with one attached hydrogen (secondary N) is 1. The molecule has 2 heterocycles. The third-order valence-electron chi connectivity index (χ3n) is 7.24. The molecule has 1 saturated carbocycles. The summed E-state index contributed by atoms with van der Waals surface area (Å²) in [4.78, 5) is 14.3. The highest BCUT2D eigenvalue weighted by molar-refractivity contribution is 5.81. The van der Waals surface area contributed by atoms with Crippen molar-refractivity contribution < 1.29 is 22.4 Å². The molecular weight excluding hydrogens is 417 g/mol. The molecule has 1 amide bonds. The van der Waals surface area contributed by atoms with E-state index in [0.717, 1.165) is 70.2 Å². The molecule has 32 heavy (non-hydrogen) atoms. The van der Waals surface area contributed by atoms with Crippen molar-refractivity contribution in [2.24, 2.45) is 5.92 Å². The van der Waals surface area contributed by atoms with E-state index in [9.17, 15) is 18.0 Å². The highest BCUT2D eigenvalue weighted by Crippen LogP contribution is 2.35. The van der Waals surface area contributed by atoms with Crippen LogP contribution in [0.25, 0.3) is 11.0 Å². The number of rotatable bonds is 7. The Bertz CT molecular complexity index is 879. The van der Waals surface area contributed by atoms with Crippen molar-refractivity contribution >= 4 is 16.9 Å². The predicted molar refractivity (Wildman–Crippen MR) is 118 cm³/mol. The first kappa shape index (κ1) is 23.1. The van der Waals surface area contributed by atoms with Crippen LogP contribution in [0.1, 0.15) is 69.3 Å². The van der Waals surface area contributed by atoms with E-state index >= 15 is 0 Å². The fraction of sp³-hybridized carbons (Fsp3) is 0.640. The molecule has 2 aliphatic rings. The van der Waals surface area contributed by atoms with E-state index in [2.05, 4.69) is 22.3 Å². The minimum absolute atomic E-state index is 0.0347. The van der Waals surface area contributed by atoms with E-state index < -0.39 is 24.9 Å². The summed E-state index contributed by atoms with van der Waals surface area (Å²) in [6, 6.07) is 8.28. The number of nitrogens with zero attached hydrogens (tertiary/aromatic N) is 1. The van der Waals surface area contributed by atoms with Crippen LogP contribution < -0.4 is 5.32 Å². The highest BCUT2D eigenvalue weighted by Gasteiger charge is 2.29. The molecule has 0 spiro atoms. The molecule has 1 N–H and O–H groups in total. The number of para-hydroxylation sites is 1. The van der Waals surface area contributed by atoms with Crippen molar-refractivity contribution in [2.45, 2.75) is 75.9 Å². The van der Waals surface area contributed by atoms with Crippen molar-refractivity contribution in [2.75, 3.05) is 19.6 Å². The van der Waals surface area contributed by atoms with E-state index in [-0.39, 0.29) is 6.04 Å². The van der Waals surface area contributed by atoms with Gasteiger partial charge in [-0.15, -0.1) is 0 Å². The Morgan fingerprint density at radius 1 is 1.06 bits per heavy atom. The number of alkyl halides is 3. The lowest BCUT2D eigenvalue weighted by Gasteiger charge is -2.34. The van der Waals surface area contributed by atoms with Crippen LogP contribution in [0.4, 0.5) is 13.2 Å². The summed E-state index contributed by atoms with van der Waals surface area (Å²) in [5, 5.41) is 4.03. The standard InChI is InChI=1S/C25H33F3N2O2/c26-25(27,28)13-9-24(31)29-20-7-5-18(6-8-20)10-14-30-15-11-19(12-16-30)22-17-32-23-4-2-1-3-21(22)23/h1-4,17-20H,5-16H2,(H,29,31). The summed E-state index contributed by atoms with van der Waals surface area (Å²) in [5.74, 6) is 0.735. The monoisotopic (exact) mass is 450 g/mol. The van der Waals surface area contributed by atoms with E-state index in [0.29, 0.717) is 11.8 Å². The van der Waals surface area contributed by atoms with E-state index in [1.165, 1.54) is 10.9 Å². The number of piperidine rings is 1. The van der Waals surface area contributed by atoms with Crippen LogP contribution in [0.5, 0.6) is 0 Å². The second-order valence-corrected chi connectivity index (χ2v) is 9.49. The normalized spacial score (nSPS) is 23.5. The van der Waals surface area contributed by atoms with Gasteiger partial charge in [-0.1, -0.05) is 18.2 Å². The summed E-state index contributed by atoms with van der Waals surface area (Å²) in [6.45, 7) is 3.32. The van der Waals surface area contributed by atoms with Crippen molar-refractivity contribution in [3.63, 3.8) is 0 Å². The summed E-state index contributed by atoms with van der Waals surface area (Å²) in [7, 11) is 0. The largest absolute Gasteiger partial charge is 0.464 e. The molecule has 7 heteroatoms. The summed E-state index contributed by atoms with van der Waals surface area (Å²) in [6.07, 6.45) is 3.46. The molecule has 4 rings (SSSR count). The number of halogens is 3. The van der Waals surface area contributed by atoms with E-state index in [1.807, 2.05) is 18.4 Å². The zero-order chi connectivity index (χ0) is 22.6. The average molecular weight is 451 g/mol. The third-order valence-corrected chi connectivity index (χ3v) is 7.24. The number of benzene rings is 1. The topological polar surface area (TPSA) is 45.5 Å². The van der Waals surface area contributed by atoms with Gasteiger partial charge in [-0.3, -0.25) is 4.79 Å². The summed E-state index contributed by atoms with van der Waals surface area (Å²) >= 11 is 0. The van der Waals surface area contributed by atoms with Gasteiger partial charge in [-0.25, -0.2) is 0 Å².